The van der Waals surface area contributed by atoms with Gasteiger partial charge in [-0.15, -0.1) is 0 Å². The summed E-state index contributed by atoms with van der Waals surface area (Å²) in [5.41, 5.74) is 1.26. The number of carbonyl (C=O) groups excluding carboxylic acids is 2. The number of amides is 2. The van der Waals surface area contributed by atoms with Crippen molar-refractivity contribution in [3.63, 3.8) is 0 Å². The van der Waals surface area contributed by atoms with Crippen LogP contribution in [0.15, 0.2) is 40.9 Å². The van der Waals surface area contributed by atoms with Gasteiger partial charge in [0.15, 0.2) is 11.5 Å². The first-order valence-electron chi connectivity index (χ1n) is 10.3. The van der Waals surface area contributed by atoms with E-state index in [2.05, 4.69) is 5.16 Å². The lowest BCUT2D eigenvalue weighted by Crippen LogP contribution is -2.40. The predicted molar refractivity (Wildman–Crippen MR) is 106 cm³/mol. The summed E-state index contributed by atoms with van der Waals surface area (Å²) in [5.74, 6) is 1.17. The molecule has 6 nitrogen and oxygen atoms in total. The van der Waals surface area contributed by atoms with Crippen LogP contribution in [0.1, 0.15) is 49.0 Å². The van der Waals surface area contributed by atoms with Crippen LogP contribution in [0.25, 0.3) is 11.3 Å². The van der Waals surface area contributed by atoms with Crippen molar-refractivity contribution in [2.75, 3.05) is 26.2 Å². The first-order chi connectivity index (χ1) is 13.7. The van der Waals surface area contributed by atoms with Gasteiger partial charge >= 0.3 is 0 Å². The zero-order chi connectivity index (χ0) is 19.3. The zero-order valence-electron chi connectivity index (χ0n) is 16.2. The maximum absolute atomic E-state index is 12.9. The van der Waals surface area contributed by atoms with E-state index in [-0.39, 0.29) is 11.8 Å². The Kier molecular flexibility index (Phi) is 5.74. The maximum Gasteiger partial charge on any atom is 0.276 e. The molecule has 1 atom stereocenters. The van der Waals surface area contributed by atoms with Gasteiger partial charge in [-0.3, -0.25) is 9.59 Å². The fourth-order valence-electron chi connectivity index (χ4n) is 4.21. The lowest BCUT2D eigenvalue weighted by atomic mass is 9.93. The standard InChI is InChI=1S/C22H27N3O3/c26-21(24-12-4-5-13-24)11-10-17-7-6-14-25(16-17)22(27)19-15-20(28-23-19)18-8-2-1-3-9-18/h1-3,8-9,15,17H,4-7,10-14,16H2/t17-/m1/s1. The molecule has 2 aliphatic heterocycles. The Morgan fingerprint density at radius 2 is 1.79 bits per heavy atom. The minimum atomic E-state index is -0.0819. The topological polar surface area (TPSA) is 66.7 Å². The minimum Gasteiger partial charge on any atom is -0.355 e. The average Bonchev–Trinajstić information content (AvgIpc) is 3.45. The number of rotatable bonds is 5. The van der Waals surface area contributed by atoms with Gasteiger partial charge in [0.25, 0.3) is 5.91 Å². The van der Waals surface area contributed by atoms with Crippen molar-refractivity contribution >= 4 is 11.8 Å². The SMILES string of the molecule is O=C(CC[C@H]1CCCN(C(=O)c2cc(-c3ccccc3)on2)C1)N1CCCC1. The number of aromatic nitrogens is 1. The Balaban J connectivity index is 1.33. The maximum atomic E-state index is 12.9. The summed E-state index contributed by atoms with van der Waals surface area (Å²) < 4.78 is 5.38. The monoisotopic (exact) mass is 381 g/mol. The lowest BCUT2D eigenvalue weighted by Gasteiger charge is -2.32. The van der Waals surface area contributed by atoms with Crippen molar-refractivity contribution in [3.8, 4) is 11.3 Å². The first-order valence-corrected chi connectivity index (χ1v) is 10.3. The third kappa shape index (κ3) is 4.26. The second-order valence-corrected chi connectivity index (χ2v) is 7.83. The molecule has 0 aliphatic carbocycles. The van der Waals surface area contributed by atoms with Gasteiger partial charge in [-0.25, -0.2) is 0 Å². The van der Waals surface area contributed by atoms with Crippen molar-refractivity contribution in [2.24, 2.45) is 5.92 Å². The average molecular weight is 381 g/mol. The number of nitrogens with zero attached hydrogens (tertiary/aromatic N) is 3. The summed E-state index contributed by atoms with van der Waals surface area (Å²) in [6, 6.07) is 11.4. The Labute approximate surface area is 165 Å². The van der Waals surface area contributed by atoms with Crippen molar-refractivity contribution in [3.05, 3.63) is 42.1 Å². The molecule has 2 amide bonds. The molecule has 6 heteroatoms. The van der Waals surface area contributed by atoms with E-state index in [9.17, 15) is 9.59 Å². The van der Waals surface area contributed by atoms with Gasteiger partial charge in [-0.05, 0) is 38.0 Å². The summed E-state index contributed by atoms with van der Waals surface area (Å²) in [6.45, 7) is 3.25. The van der Waals surface area contributed by atoms with Gasteiger partial charge < -0.3 is 14.3 Å². The lowest BCUT2D eigenvalue weighted by molar-refractivity contribution is -0.130. The molecule has 0 radical (unpaired) electrons. The van der Waals surface area contributed by atoms with E-state index in [1.165, 1.54) is 0 Å². The molecule has 2 aliphatic rings. The molecule has 0 saturated carbocycles. The first kappa shape index (κ1) is 18.7. The summed E-state index contributed by atoms with van der Waals surface area (Å²) >= 11 is 0. The Morgan fingerprint density at radius 1 is 1.04 bits per heavy atom. The largest absolute Gasteiger partial charge is 0.355 e. The van der Waals surface area contributed by atoms with E-state index in [4.69, 9.17) is 4.52 Å². The second kappa shape index (κ2) is 8.59. The third-order valence-corrected chi connectivity index (χ3v) is 5.82. The van der Waals surface area contributed by atoms with Gasteiger partial charge in [-0.1, -0.05) is 35.5 Å². The summed E-state index contributed by atoms with van der Waals surface area (Å²) in [5, 5.41) is 3.99. The van der Waals surface area contributed by atoms with Gasteiger partial charge in [-0.2, -0.15) is 0 Å². The van der Waals surface area contributed by atoms with Crippen molar-refractivity contribution in [2.45, 2.75) is 38.5 Å². The molecule has 1 aromatic carbocycles. The van der Waals surface area contributed by atoms with Crippen LogP contribution in [0.5, 0.6) is 0 Å². The molecule has 0 N–H and O–H groups in total. The predicted octanol–water partition coefficient (Wildman–Crippen LogP) is 3.60. The molecular formula is C22H27N3O3. The van der Waals surface area contributed by atoms with Crippen LogP contribution < -0.4 is 0 Å². The molecule has 3 heterocycles. The Bertz CT molecular complexity index is 811. The quantitative estimate of drug-likeness (QED) is 0.794. The van der Waals surface area contributed by atoms with Crippen molar-refractivity contribution in [1.29, 1.82) is 0 Å². The minimum absolute atomic E-state index is 0.0819. The molecule has 2 saturated heterocycles. The highest BCUT2D eigenvalue weighted by Gasteiger charge is 2.27. The number of benzene rings is 1. The smallest absolute Gasteiger partial charge is 0.276 e. The van der Waals surface area contributed by atoms with Crippen molar-refractivity contribution < 1.29 is 14.1 Å². The van der Waals surface area contributed by atoms with Gasteiger partial charge in [0.05, 0.1) is 0 Å². The molecule has 148 valence electrons. The highest BCUT2D eigenvalue weighted by Crippen LogP contribution is 2.25. The number of carbonyl (C=O) groups is 2. The molecule has 1 aromatic heterocycles. The highest BCUT2D eigenvalue weighted by atomic mass is 16.5. The Hall–Kier alpha value is -2.63. The molecular weight excluding hydrogens is 354 g/mol. The second-order valence-electron chi connectivity index (χ2n) is 7.83. The van der Waals surface area contributed by atoms with E-state index in [0.717, 1.165) is 57.3 Å². The highest BCUT2D eigenvalue weighted by molar-refractivity contribution is 5.93. The van der Waals surface area contributed by atoms with Crippen LogP contribution >= 0.6 is 0 Å². The van der Waals surface area contributed by atoms with Gasteiger partial charge in [0, 0.05) is 44.2 Å². The summed E-state index contributed by atoms with van der Waals surface area (Å²) in [7, 11) is 0. The van der Waals surface area contributed by atoms with Gasteiger partial charge in [0.2, 0.25) is 5.91 Å². The summed E-state index contributed by atoms with van der Waals surface area (Å²) in [4.78, 5) is 29.0. The third-order valence-electron chi connectivity index (χ3n) is 5.82. The van der Waals surface area contributed by atoms with Gasteiger partial charge in [0.1, 0.15) is 0 Å². The zero-order valence-corrected chi connectivity index (χ0v) is 16.2. The van der Waals surface area contributed by atoms with Crippen LogP contribution in [0.2, 0.25) is 0 Å². The number of hydrogen-bond donors (Lipinski definition) is 0. The van der Waals surface area contributed by atoms with Crippen LogP contribution in [-0.4, -0.2) is 52.9 Å². The summed E-state index contributed by atoms with van der Waals surface area (Å²) in [6.07, 6.45) is 5.74. The van der Waals surface area contributed by atoms with Crippen LogP contribution in [-0.2, 0) is 4.79 Å². The van der Waals surface area contributed by atoms with E-state index in [1.807, 2.05) is 40.1 Å². The molecule has 2 fully saturated rings. The number of likely N-dealkylation sites (tertiary alicyclic amines) is 2. The fraction of sp³-hybridized carbons (Fsp3) is 0.500. The van der Waals surface area contributed by atoms with E-state index in [1.54, 1.807) is 6.07 Å². The van der Waals surface area contributed by atoms with Crippen LogP contribution in [0, 0.1) is 5.92 Å². The normalized spacial score (nSPS) is 19.8. The molecule has 4 rings (SSSR count). The fourth-order valence-corrected chi connectivity index (χ4v) is 4.21. The molecule has 28 heavy (non-hydrogen) atoms. The van der Waals surface area contributed by atoms with Crippen molar-refractivity contribution in [1.82, 2.24) is 15.0 Å². The number of piperidine rings is 1. The molecule has 0 unspecified atom stereocenters. The van der Waals surface area contributed by atoms with E-state index >= 15 is 0 Å². The molecule has 0 spiro atoms. The van der Waals surface area contributed by atoms with Crippen LogP contribution in [0.3, 0.4) is 0 Å². The molecule has 0 bridgehead atoms. The van der Waals surface area contributed by atoms with Crippen LogP contribution in [0.4, 0.5) is 0 Å². The molecule has 2 aromatic rings. The Morgan fingerprint density at radius 3 is 2.57 bits per heavy atom. The van der Waals surface area contributed by atoms with E-state index < -0.39 is 0 Å². The van der Waals surface area contributed by atoms with E-state index in [0.29, 0.717) is 30.3 Å². The number of hydrogen-bond acceptors (Lipinski definition) is 4.